The molecular weight excluding hydrogens is 243 g/mol. The summed E-state index contributed by atoms with van der Waals surface area (Å²) < 4.78 is 18.9. The van der Waals surface area contributed by atoms with Crippen molar-refractivity contribution in [1.82, 2.24) is 10.3 Å². The highest BCUT2D eigenvalue weighted by molar-refractivity contribution is 5.34. The van der Waals surface area contributed by atoms with Crippen LogP contribution in [-0.4, -0.2) is 12.0 Å². The quantitative estimate of drug-likeness (QED) is 0.897. The van der Waals surface area contributed by atoms with E-state index in [1.807, 2.05) is 32.2 Å². The lowest BCUT2D eigenvalue weighted by molar-refractivity contribution is 0.297. The van der Waals surface area contributed by atoms with E-state index in [2.05, 4.69) is 10.3 Å². The van der Waals surface area contributed by atoms with Crippen molar-refractivity contribution in [3.63, 3.8) is 0 Å². The van der Waals surface area contributed by atoms with E-state index in [1.165, 1.54) is 12.1 Å². The van der Waals surface area contributed by atoms with Crippen molar-refractivity contribution < 1.29 is 9.13 Å². The van der Waals surface area contributed by atoms with Crippen LogP contribution in [0, 0.1) is 12.7 Å². The Kier molecular flexibility index (Phi) is 4.47. The molecule has 0 amide bonds. The van der Waals surface area contributed by atoms with Gasteiger partial charge in [0.2, 0.25) is 0 Å². The number of nitrogens with one attached hydrogen (secondary N) is 1. The van der Waals surface area contributed by atoms with Crippen LogP contribution in [0.3, 0.4) is 0 Å². The van der Waals surface area contributed by atoms with Crippen molar-refractivity contribution in [1.29, 1.82) is 0 Å². The Morgan fingerprint density at radius 1 is 1.26 bits per heavy atom. The summed E-state index contributed by atoms with van der Waals surface area (Å²) in [5, 5.41) is 3.00. The number of benzene rings is 1. The molecule has 3 nitrogen and oxygen atoms in total. The number of aromatic nitrogens is 1. The highest BCUT2D eigenvalue weighted by Gasteiger charge is 2.05. The highest BCUT2D eigenvalue weighted by Crippen LogP contribution is 2.20. The van der Waals surface area contributed by atoms with E-state index < -0.39 is 0 Å². The first-order valence-corrected chi connectivity index (χ1v) is 6.17. The van der Waals surface area contributed by atoms with Crippen LogP contribution in [0.5, 0.6) is 5.75 Å². The van der Waals surface area contributed by atoms with Crippen LogP contribution in [0.4, 0.5) is 4.39 Å². The number of ether oxygens (including phenoxy) is 1. The minimum absolute atomic E-state index is 0.258. The lowest BCUT2D eigenvalue weighted by Crippen LogP contribution is -2.08. The van der Waals surface area contributed by atoms with Crippen LogP contribution >= 0.6 is 0 Å². The molecule has 0 atom stereocenters. The first-order chi connectivity index (χ1) is 9.19. The molecule has 4 heteroatoms. The predicted octanol–water partition coefficient (Wildman–Crippen LogP) is 2.83. The van der Waals surface area contributed by atoms with E-state index in [9.17, 15) is 4.39 Å². The molecule has 0 radical (unpaired) electrons. The third kappa shape index (κ3) is 3.76. The number of aryl methyl sites for hydroxylation is 1. The zero-order valence-electron chi connectivity index (χ0n) is 11.1. The number of hydrogen-bond donors (Lipinski definition) is 1. The third-order valence-corrected chi connectivity index (χ3v) is 2.71. The normalized spacial score (nSPS) is 10.5. The van der Waals surface area contributed by atoms with Gasteiger partial charge in [0.15, 0.2) is 0 Å². The molecule has 2 aromatic rings. The van der Waals surface area contributed by atoms with Gasteiger partial charge in [-0.15, -0.1) is 0 Å². The van der Waals surface area contributed by atoms with E-state index in [0.717, 1.165) is 17.0 Å². The van der Waals surface area contributed by atoms with Gasteiger partial charge in [-0.2, -0.15) is 0 Å². The Bertz CT molecular complexity index is 558. The number of nitrogens with zero attached hydrogens (tertiary/aromatic N) is 1. The Morgan fingerprint density at radius 2 is 2.11 bits per heavy atom. The summed E-state index contributed by atoms with van der Waals surface area (Å²) >= 11 is 0. The molecule has 0 aliphatic heterocycles. The second-order valence-electron chi connectivity index (χ2n) is 4.34. The SMILES string of the molecule is CNCc1cc(F)ccc1OCc1cccc(C)n1. The Morgan fingerprint density at radius 3 is 2.84 bits per heavy atom. The van der Waals surface area contributed by atoms with Gasteiger partial charge in [-0.3, -0.25) is 4.98 Å². The second kappa shape index (κ2) is 6.29. The fourth-order valence-corrected chi connectivity index (χ4v) is 1.85. The van der Waals surface area contributed by atoms with Crippen molar-refractivity contribution in [3.8, 4) is 5.75 Å². The zero-order valence-corrected chi connectivity index (χ0v) is 11.1. The Balaban J connectivity index is 2.10. The molecule has 19 heavy (non-hydrogen) atoms. The monoisotopic (exact) mass is 260 g/mol. The lowest BCUT2D eigenvalue weighted by Gasteiger charge is -2.11. The molecule has 0 saturated heterocycles. The van der Waals surface area contributed by atoms with E-state index in [4.69, 9.17) is 4.74 Å². The minimum atomic E-state index is -0.258. The molecule has 1 aromatic heterocycles. The van der Waals surface area contributed by atoms with Crippen LogP contribution in [-0.2, 0) is 13.2 Å². The molecular formula is C15H17FN2O. The summed E-state index contributed by atoms with van der Waals surface area (Å²) in [4.78, 5) is 4.37. The molecule has 100 valence electrons. The van der Waals surface area contributed by atoms with E-state index >= 15 is 0 Å². The largest absolute Gasteiger partial charge is 0.487 e. The maximum atomic E-state index is 13.2. The Labute approximate surface area is 112 Å². The molecule has 0 spiro atoms. The number of rotatable bonds is 5. The number of hydrogen-bond acceptors (Lipinski definition) is 3. The summed E-state index contributed by atoms with van der Waals surface area (Å²) in [6.07, 6.45) is 0. The van der Waals surface area contributed by atoms with Crippen LogP contribution in [0.25, 0.3) is 0 Å². The van der Waals surface area contributed by atoms with Crippen LogP contribution in [0.1, 0.15) is 17.0 Å². The van der Waals surface area contributed by atoms with Crippen molar-refractivity contribution in [3.05, 3.63) is 59.2 Å². The highest BCUT2D eigenvalue weighted by atomic mass is 19.1. The zero-order chi connectivity index (χ0) is 13.7. The summed E-state index contributed by atoms with van der Waals surface area (Å²) in [7, 11) is 1.82. The summed E-state index contributed by atoms with van der Waals surface area (Å²) in [6.45, 7) is 2.88. The first-order valence-electron chi connectivity index (χ1n) is 6.17. The van der Waals surface area contributed by atoms with Gasteiger partial charge in [-0.1, -0.05) is 6.07 Å². The summed E-state index contributed by atoms with van der Waals surface area (Å²) in [6, 6.07) is 10.3. The summed E-state index contributed by atoms with van der Waals surface area (Å²) in [5.74, 6) is 0.422. The number of pyridine rings is 1. The standard InChI is InChI=1S/C15H17FN2O/c1-11-4-3-5-14(18-11)10-19-15-7-6-13(16)8-12(15)9-17-2/h3-8,17H,9-10H2,1-2H3. The summed E-state index contributed by atoms with van der Waals surface area (Å²) in [5.41, 5.74) is 2.62. The average molecular weight is 260 g/mol. The van der Waals surface area contributed by atoms with Gasteiger partial charge in [-0.05, 0) is 44.3 Å². The van der Waals surface area contributed by atoms with Gasteiger partial charge in [0.25, 0.3) is 0 Å². The van der Waals surface area contributed by atoms with Gasteiger partial charge in [-0.25, -0.2) is 4.39 Å². The molecule has 1 N–H and O–H groups in total. The third-order valence-electron chi connectivity index (χ3n) is 2.71. The molecule has 1 heterocycles. The van der Waals surface area contributed by atoms with E-state index in [0.29, 0.717) is 18.9 Å². The predicted molar refractivity (Wildman–Crippen MR) is 72.5 cm³/mol. The topological polar surface area (TPSA) is 34.1 Å². The van der Waals surface area contributed by atoms with Crippen LogP contribution in [0.15, 0.2) is 36.4 Å². The molecule has 0 aliphatic carbocycles. The number of halogens is 1. The van der Waals surface area contributed by atoms with Crippen LogP contribution < -0.4 is 10.1 Å². The van der Waals surface area contributed by atoms with E-state index in [-0.39, 0.29) is 5.82 Å². The lowest BCUT2D eigenvalue weighted by atomic mass is 10.2. The molecule has 1 aromatic carbocycles. The molecule has 0 bridgehead atoms. The van der Waals surface area contributed by atoms with Crippen molar-refractivity contribution in [2.45, 2.75) is 20.1 Å². The molecule has 2 rings (SSSR count). The van der Waals surface area contributed by atoms with Crippen LogP contribution in [0.2, 0.25) is 0 Å². The van der Waals surface area contributed by atoms with Crippen molar-refractivity contribution >= 4 is 0 Å². The molecule has 0 aliphatic rings. The smallest absolute Gasteiger partial charge is 0.130 e. The van der Waals surface area contributed by atoms with Gasteiger partial charge in [0, 0.05) is 17.8 Å². The average Bonchev–Trinajstić information content (AvgIpc) is 2.38. The van der Waals surface area contributed by atoms with Gasteiger partial charge >= 0.3 is 0 Å². The van der Waals surface area contributed by atoms with Crippen molar-refractivity contribution in [2.75, 3.05) is 7.05 Å². The van der Waals surface area contributed by atoms with E-state index in [1.54, 1.807) is 6.07 Å². The Hall–Kier alpha value is -1.94. The maximum absolute atomic E-state index is 13.2. The molecule has 0 unspecified atom stereocenters. The first kappa shape index (κ1) is 13.5. The molecule has 0 fully saturated rings. The van der Waals surface area contributed by atoms with Crippen molar-refractivity contribution in [2.24, 2.45) is 0 Å². The van der Waals surface area contributed by atoms with Gasteiger partial charge < -0.3 is 10.1 Å². The maximum Gasteiger partial charge on any atom is 0.130 e. The molecule has 0 saturated carbocycles. The second-order valence-corrected chi connectivity index (χ2v) is 4.34. The van der Waals surface area contributed by atoms with Gasteiger partial charge in [0.05, 0.1) is 5.69 Å². The van der Waals surface area contributed by atoms with Gasteiger partial charge in [0.1, 0.15) is 18.2 Å². The fraction of sp³-hybridized carbons (Fsp3) is 0.267. The fourth-order valence-electron chi connectivity index (χ4n) is 1.85. The minimum Gasteiger partial charge on any atom is -0.487 e.